The van der Waals surface area contributed by atoms with Gasteiger partial charge in [0.05, 0.1) is 31.3 Å². The maximum Gasteiger partial charge on any atom is 0.247 e. The molecule has 2 N–H and O–H groups in total. The van der Waals surface area contributed by atoms with E-state index in [1.807, 2.05) is 25.4 Å². The minimum Gasteiger partial charge on any atom is -0.378 e. The van der Waals surface area contributed by atoms with Crippen molar-refractivity contribution < 1.29 is 9.53 Å². The van der Waals surface area contributed by atoms with Crippen molar-refractivity contribution in [2.75, 3.05) is 43.6 Å². The Balaban J connectivity index is 0.00000169. The number of aryl methyl sites for hydroxylation is 1. The Morgan fingerprint density at radius 2 is 1.96 bits per heavy atom. The van der Waals surface area contributed by atoms with Crippen LogP contribution in [0.25, 0.3) is 0 Å². The van der Waals surface area contributed by atoms with Crippen LogP contribution in [-0.4, -0.2) is 54.0 Å². The summed E-state index contributed by atoms with van der Waals surface area (Å²) in [5, 5.41) is 9.94. The number of hydrogen-bond donors (Lipinski definition) is 2. The minimum absolute atomic E-state index is 0. The summed E-state index contributed by atoms with van der Waals surface area (Å²) in [6.07, 6.45) is 5.27. The van der Waals surface area contributed by atoms with Crippen molar-refractivity contribution in [1.82, 2.24) is 20.1 Å². The molecule has 2 aromatic heterocycles. The number of carbonyl (C=O) groups is 1. The number of nitrogens with zero attached hydrogens (tertiary/aromatic N) is 4. The summed E-state index contributed by atoms with van der Waals surface area (Å²) in [4.78, 5) is 19.0. The number of nitrogens with one attached hydrogen (secondary N) is 2. The molecule has 3 rings (SSSR count). The number of carbonyl (C=O) groups excluding carboxylic acids is 1. The zero-order valence-electron chi connectivity index (χ0n) is 14.7. The second kappa shape index (κ2) is 10.3. The topological polar surface area (TPSA) is 84.3 Å². The van der Waals surface area contributed by atoms with E-state index in [-0.39, 0.29) is 30.7 Å². The van der Waals surface area contributed by atoms with Crippen LogP contribution in [0.1, 0.15) is 11.6 Å². The Labute approximate surface area is 165 Å². The fourth-order valence-corrected chi connectivity index (χ4v) is 2.71. The van der Waals surface area contributed by atoms with Crippen molar-refractivity contribution in [3.8, 4) is 0 Å². The Hall–Kier alpha value is -1.87. The van der Waals surface area contributed by atoms with Crippen LogP contribution in [0, 0.1) is 0 Å². The normalized spacial score (nSPS) is 14.8. The van der Waals surface area contributed by atoms with Gasteiger partial charge in [-0.05, 0) is 19.2 Å². The van der Waals surface area contributed by atoms with Gasteiger partial charge in [0.25, 0.3) is 0 Å². The van der Waals surface area contributed by atoms with E-state index in [9.17, 15) is 4.79 Å². The first-order valence-electron chi connectivity index (χ1n) is 7.93. The van der Waals surface area contributed by atoms with Crippen LogP contribution in [0.5, 0.6) is 0 Å². The largest absolute Gasteiger partial charge is 0.378 e. The van der Waals surface area contributed by atoms with E-state index >= 15 is 0 Å². The Morgan fingerprint density at radius 3 is 2.50 bits per heavy atom. The lowest BCUT2D eigenvalue weighted by atomic mass is 10.1. The first-order valence-corrected chi connectivity index (χ1v) is 7.93. The molecule has 10 heteroatoms. The lowest BCUT2D eigenvalue weighted by Crippen LogP contribution is -2.36. The number of likely N-dealkylation sites (N-methyl/N-ethyl adjacent to an activating group) is 1. The summed E-state index contributed by atoms with van der Waals surface area (Å²) in [7, 11) is 3.56. The average molecular weight is 403 g/mol. The molecule has 1 saturated heterocycles. The first-order chi connectivity index (χ1) is 11.7. The highest BCUT2D eigenvalue weighted by Gasteiger charge is 2.20. The van der Waals surface area contributed by atoms with Gasteiger partial charge in [-0.25, -0.2) is 4.98 Å². The van der Waals surface area contributed by atoms with Gasteiger partial charge in [0.15, 0.2) is 0 Å². The minimum atomic E-state index is -0.473. The van der Waals surface area contributed by atoms with E-state index in [0.29, 0.717) is 5.82 Å². The van der Waals surface area contributed by atoms with Gasteiger partial charge in [0, 0.05) is 31.9 Å². The van der Waals surface area contributed by atoms with Crippen molar-refractivity contribution in [2.24, 2.45) is 7.05 Å². The van der Waals surface area contributed by atoms with Crippen molar-refractivity contribution in [2.45, 2.75) is 6.04 Å². The standard InChI is InChI=1S/C16H22N6O2.2ClH/c1-17-15(12-9-19-21(2)11-12)16(23)20-14-4-3-13(10-18-14)22-5-7-24-8-6-22;;/h3-4,9-11,15,17H,5-8H2,1-2H3,(H,18,20,23);2*1H. The maximum absolute atomic E-state index is 12.5. The van der Waals surface area contributed by atoms with Crippen LogP contribution >= 0.6 is 24.8 Å². The molecule has 0 radical (unpaired) electrons. The van der Waals surface area contributed by atoms with E-state index in [2.05, 4.69) is 25.6 Å². The zero-order valence-corrected chi connectivity index (χ0v) is 16.3. The average Bonchev–Trinajstić information content (AvgIpc) is 3.03. The summed E-state index contributed by atoms with van der Waals surface area (Å²) < 4.78 is 7.02. The van der Waals surface area contributed by atoms with Crippen LogP contribution in [0.15, 0.2) is 30.7 Å². The second-order valence-electron chi connectivity index (χ2n) is 5.66. The lowest BCUT2D eigenvalue weighted by Gasteiger charge is -2.28. The Kier molecular flexibility index (Phi) is 8.80. The van der Waals surface area contributed by atoms with Crippen LogP contribution in [0.4, 0.5) is 11.5 Å². The van der Waals surface area contributed by atoms with Gasteiger partial charge in [0.2, 0.25) is 5.91 Å². The van der Waals surface area contributed by atoms with Crippen LogP contribution in [-0.2, 0) is 16.6 Å². The number of ether oxygens (including phenoxy) is 1. The molecule has 3 heterocycles. The molecule has 0 saturated carbocycles. The number of hydrogen-bond acceptors (Lipinski definition) is 6. The maximum atomic E-state index is 12.5. The lowest BCUT2D eigenvalue weighted by molar-refractivity contribution is -0.118. The summed E-state index contributed by atoms with van der Waals surface area (Å²) in [6, 6.07) is 3.31. The molecule has 144 valence electrons. The third-order valence-corrected chi connectivity index (χ3v) is 3.98. The number of rotatable bonds is 5. The van der Waals surface area contributed by atoms with E-state index in [0.717, 1.165) is 37.6 Å². The molecule has 0 aliphatic carbocycles. The summed E-state index contributed by atoms with van der Waals surface area (Å²) >= 11 is 0. The van der Waals surface area contributed by atoms with Gasteiger partial charge >= 0.3 is 0 Å². The number of amides is 1. The number of halogens is 2. The van der Waals surface area contributed by atoms with E-state index in [1.165, 1.54) is 0 Å². The van der Waals surface area contributed by atoms with Gasteiger partial charge < -0.3 is 20.3 Å². The van der Waals surface area contributed by atoms with Crippen LogP contribution in [0.3, 0.4) is 0 Å². The third kappa shape index (κ3) is 5.31. The van der Waals surface area contributed by atoms with Crippen LogP contribution in [0.2, 0.25) is 0 Å². The van der Waals surface area contributed by atoms with Gasteiger partial charge in [-0.2, -0.15) is 5.10 Å². The van der Waals surface area contributed by atoms with Gasteiger partial charge in [0.1, 0.15) is 11.9 Å². The molecule has 8 nitrogen and oxygen atoms in total. The highest BCUT2D eigenvalue weighted by atomic mass is 35.5. The molecular weight excluding hydrogens is 379 g/mol. The van der Waals surface area contributed by atoms with E-state index in [1.54, 1.807) is 24.1 Å². The number of morpholine rings is 1. The van der Waals surface area contributed by atoms with Crippen molar-refractivity contribution in [1.29, 1.82) is 0 Å². The van der Waals surface area contributed by atoms with E-state index < -0.39 is 6.04 Å². The Bertz CT molecular complexity index is 688. The quantitative estimate of drug-likeness (QED) is 0.785. The molecule has 1 aliphatic heterocycles. The zero-order chi connectivity index (χ0) is 16.9. The van der Waals surface area contributed by atoms with Gasteiger partial charge in [-0.15, -0.1) is 24.8 Å². The third-order valence-electron chi connectivity index (χ3n) is 3.98. The van der Waals surface area contributed by atoms with E-state index in [4.69, 9.17) is 4.74 Å². The molecule has 1 aliphatic rings. The molecule has 1 fully saturated rings. The first kappa shape index (κ1) is 22.2. The molecule has 1 unspecified atom stereocenters. The predicted octanol–water partition coefficient (Wildman–Crippen LogP) is 1.39. The molecular formula is C16H24Cl2N6O2. The summed E-state index contributed by atoms with van der Waals surface area (Å²) in [5.74, 6) is 0.360. The highest BCUT2D eigenvalue weighted by Crippen LogP contribution is 2.18. The molecule has 1 atom stereocenters. The van der Waals surface area contributed by atoms with Crippen molar-refractivity contribution >= 4 is 42.2 Å². The monoisotopic (exact) mass is 402 g/mol. The SMILES string of the molecule is CNC(C(=O)Nc1ccc(N2CCOCC2)cn1)c1cnn(C)c1.Cl.Cl. The number of pyridine rings is 1. The van der Waals surface area contributed by atoms with Gasteiger partial charge in [-0.1, -0.05) is 0 Å². The smallest absolute Gasteiger partial charge is 0.247 e. The molecule has 0 bridgehead atoms. The Morgan fingerprint density at radius 1 is 1.23 bits per heavy atom. The molecule has 0 spiro atoms. The number of anilines is 2. The number of aromatic nitrogens is 3. The van der Waals surface area contributed by atoms with Crippen molar-refractivity contribution in [3.05, 3.63) is 36.3 Å². The fraction of sp³-hybridized carbons (Fsp3) is 0.438. The summed E-state index contributed by atoms with van der Waals surface area (Å²) in [6.45, 7) is 3.17. The predicted molar refractivity (Wildman–Crippen MR) is 105 cm³/mol. The fourth-order valence-electron chi connectivity index (χ4n) is 2.71. The molecule has 2 aromatic rings. The highest BCUT2D eigenvalue weighted by molar-refractivity contribution is 5.94. The molecule has 1 amide bonds. The molecule has 0 aromatic carbocycles. The second-order valence-corrected chi connectivity index (χ2v) is 5.66. The molecule has 26 heavy (non-hydrogen) atoms. The summed E-state index contributed by atoms with van der Waals surface area (Å²) in [5.41, 5.74) is 1.84. The van der Waals surface area contributed by atoms with Gasteiger partial charge in [-0.3, -0.25) is 9.48 Å². The van der Waals surface area contributed by atoms with Crippen molar-refractivity contribution in [3.63, 3.8) is 0 Å². The van der Waals surface area contributed by atoms with Crippen LogP contribution < -0.4 is 15.5 Å².